The fourth-order valence-corrected chi connectivity index (χ4v) is 3.17. The zero-order chi connectivity index (χ0) is 16.7. The average Bonchev–Trinajstić information content (AvgIpc) is 2.99. The lowest BCUT2D eigenvalue weighted by Crippen LogP contribution is -2.44. The van der Waals surface area contributed by atoms with Crippen LogP contribution in [0, 0.1) is 12.7 Å². The van der Waals surface area contributed by atoms with Crippen molar-refractivity contribution < 1.29 is 4.39 Å². The molecule has 0 bridgehead atoms. The van der Waals surface area contributed by atoms with Gasteiger partial charge in [-0.1, -0.05) is 0 Å². The Morgan fingerprint density at radius 1 is 1.04 bits per heavy atom. The number of hydrogen-bond donors (Lipinski definition) is 1. The van der Waals surface area contributed by atoms with Crippen LogP contribution in [0.3, 0.4) is 0 Å². The Hall–Kier alpha value is -2.40. The third-order valence-electron chi connectivity index (χ3n) is 4.77. The number of anilines is 1. The number of benzene rings is 2. The van der Waals surface area contributed by atoms with E-state index < -0.39 is 0 Å². The van der Waals surface area contributed by atoms with E-state index in [1.165, 1.54) is 11.8 Å². The van der Waals surface area contributed by atoms with Crippen LogP contribution < -0.4 is 4.90 Å². The molecule has 3 aromatic rings. The monoisotopic (exact) mass is 324 g/mol. The largest absolute Gasteiger partial charge is 0.369 e. The highest BCUT2D eigenvalue weighted by Crippen LogP contribution is 2.25. The smallest absolute Gasteiger partial charge is 0.138 e. The maximum absolute atomic E-state index is 13.7. The molecule has 1 saturated heterocycles. The van der Waals surface area contributed by atoms with Crippen LogP contribution in [-0.2, 0) is 0 Å². The van der Waals surface area contributed by atoms with E-state index in [2.05, 4.69) is 51.1 Å². The summed E-state index contributed by atoms with van der Waals surface area (Å²) in [5, 5.41) is 0. The number of aromatic nitrogens is 2. The van der Waals surface area contributed by atoms with Gasteiger partial charge in [0.1, 0.15) is 11.6 Å². The van der Waals surface area contributed by atoms with Gasteiger partial charge in [-0.15, -0.1) is 0 Å². The van der Waals surface area contributed by atoms with E-state index in [1.807, 2.05) is 0 Å². The number of fused-ring (bicyclic) bond motifs is 1. The highest BCUT2D eigenvalue weighted by Gasteiger charge is 2.14. The van der Waals surface area contributed by atoms with Crippen LogP contribution in [0.25, 0.3) is 22.4 Å². The highest BCUT2D eigenvalue weighted by molar-refractivity contribution is 5.80. The fourth-order valence-electron chi connectivity index (χ4n) is 3.17. The molecular formula is C19H21FN4. The van der Waals surface area contributed by atoms with Crippen molar-refractivity contribution in [1.82, 2.24) is 14.9 Å². The van der Waals surface area contributed by atoms with Crippen molar-refractivity contribution in [3.63, 3.8) is 0 Å². The first-order valence-corrected chi connectivity index (χ1v) is 8.30. The van der Waals surface area contributed by atoms with Gasteiger partial charge < -0.3 is 14.8 Å². The molecule has 0 radical (unpaired) electrons. The van der Waals surface area contributed by atoms with Gasteiger partial charge in [-0.05, 0) is 55.9 Å². The van der Waals surface area contributed by atoms with Crippen molar-refractivity contribution in [3.8, 4) is 11.4 Å². The van der Waals surface area contributed by atoms with E-state index in [1.54, 1.807) is 13.0 Å². The Labute approximate surface area is 140 Å². The van der Waals surface area contributed by atoms with Crippen molar-refractivity contribution in [2.75, 3.05) is 38.1 Å². The predicted molar refractivity (Wildman–Crippen MR) is 95.9 cm³/mol. The summed E-state index contributed by atoms with van der Waals surface area (Å²) >= 11 is 0. The summed E-state index contributed by atoms with van der Waals surface area (Å²) in [6.45, 7) is 6.05. The minimum absolute atomic E-state index is 0.205. The first kappa shape index (κ1) is 15.1. The van der Waals surface area contributed by atoms with Gasteiger partial charge in [0.25, 0.3) is 0 Å². The van der Waals surface area contributed by atoms with Crippen LogP contribution in [0.15, 0.2) is 36.4 Å². The molecule has 124 valence electrons. The van der Waals surface area contributed by atoms with Crippen LogP contribution in [-0.4, -0.2) is 48.1 Å². The number of imidazole rings is 1. The first-order valence-electron chi connectivity index (χ1n) is 8.30. The molecule has 1 aliphatic rings. The van der Waals surface area contributed by atoms with E-state index in [0.717, 1.165) is 48.6 Å². The van der Waals surface area contributed by atoms with E-state index in [-0.39, 0.29) is 5.82 Å². The number of aryl methyl sites for hydroxylation is 1. The Bertz CT molecular complexity index is 822. The standard InChI is InChI=1S/C19H21FN4/c1-13-11-17-18(12-16(13)20)22-19(21-17)14-3-5-15(6-4-14)24-9-7-23(2)8-10-24/h3-6,11-12H,7-10H2,1-2H3,(H,21,22). The fraction of sp³-hybridized carbons (Fsp3) is 0.316. The van der Waals surface area contributed by atoms with Crippen molar-refractivity contribution >= 4 is 16.7 Å². The molecule has 0 spiro atoms. The average molecular weight is 324 g/mol. The molecule has 1 fully saturated rings. The number of nitrogens with zero attached hydrogens (tertiary/aromatic N) is 3. The van der Waals surface area contributed by atoms with Gasteiger partial charge >= 0.3 is 0 Å². The zero-order valence-corrected chi connectivity index (χ0v) is 14.0. The van der Waals surface area contributed by atoms with E-state index in [0.29, 0.717) is 5.56 Å². The molecule has 4 nitrogen and oxygen atoms in total. The quantitative estimate of drug-likeness (QED) is 0.784. The summed E-state index contributed by atoms with van der Waals surface area (Å²) in [7, 11) is 2.16. The number of H-pyrrole nitrogens is 1. The summed E-state index contributed by atoms with van der Waals surface area (Å²) in [5.74, 6) is 0.572. The van der Waals surface area contributed by atoms with Gasteiger partial charge in [-0.2, -0.15) is 0 Å². The Morgan fingerprint density at radius 3 is 2.46 bits per heavy atom. The molecule has 0 aliphatic carbocycles. The number of aromatic amines is 1. The van der Waals surface area contributed by atoms with E-state index in [9.17, 15) is 4.39 Å². The van der Waals surface area contributed by atoms with Gasteiger partial charge in [0.2, 0.25) is 0 Å². The molecule has 0 saturated carbocycles. The minimum Gasteiger partial charge on any atom is -0.369 e. The molecule has 2 heterocycles. The molecule has 1 aromatic heterocycles. The van der Waals surface area contributed by atoms with Gasteiger partial charge in [-0.3, -0.25) is 0 Å². The maximum atomic E-state index is 13.7. The lowest BCUT2D eigenvalue weighted by Gasteiger charge is -2.34. The molecule has 0 atom stereocenters. The van der Waals surface area contributed by atoms with Gasteiger partial charge in [0.05, 0.1) is 11.0 Å². The van der Waals surface area contributed by atoms with Crippen LogP contribution >= 0.6 is 0 Å². The minimum atomic E-state index is -0.205. The second-order valence-electron chi connectivity index (χ2n) is 6.54. The zero-order valence-electron chi connectivity index (χ0n) is 14.0. The van der Waals surface area contributed by atoms with Crippen LogP contribution in [0.1, 0.15) is 5.56 Å². The van der Waals surface area contributed by atoms with E-state index in [4.69, 9.17) is 0 Å². The van der Waals surface area contributed by atoms with Crippen LogP contribution in [0.4, 0.5) is 10.1 Å². The molecule has 1 N–H and O–H groups in total. The lowest BCUT2D eigenvalue weighted by atomic mass is 10.1. The molecule has 1 aliphatic heterocycles. The summed E-state index contributed by atoms with van der Waals surface area (Å²) in [4.78, 5) is 12.6. The van der Waals surface area contributed by atoms with Gasteiger partial charge in [0, 0.05) is 37.4 Å². The van der Waals surface area contributed by atoms with Gasteiger partial charge in [-0.25, -0.2) is 9.37 Å². The third-order valence-corrected chi connectivity index (χ3v) is 4.77. The van der Waals surface area contributed by atoms with Crippen molar-refractivity contribution in [3.05, 3.63) is 47.8 Å². The van der Waals surface area contributed by atoms with Crippen LogP contribution in [0.5, 0.6) is 0 Å². The van der Waals surface area contributed by atoms with Crippen molar-refractivity contribution in [2.45, 2.75) is 6.92 Å². The Balaban J connectivity index is 1.60. The third kappa shape index (κ3) is 2.76. The molecule has 2 aromatic carbocycles. The highest BCUT2D eigenvalue weighted by atomic mass is 19.1. The molecule has 5 heteroatoms. The van der Waals surface area contributed by atoms with Gasteiger partial charge in [0.15, 0.2) is 0 Å². The number of piperazine rings is 1. The Kier molecular flexibility index (Phi) is 3.73. The summed E-state index contributed by atoms with van der Waals surface area (Å²) in [6, 6.07) is 11.7. The number of nitrogens with one attached hydrogen (secondary N) is 1. The maximum Gasteiger partial charge on any atom is 0.138 e. The summed E-state index contributed by atoms with van der Waals surface area (Å²) < 4.78 is 13.7. The molecule has 0 amide bonds. The number of likely N-dealkylation sites (N-methyl/N-ethyl adjacent to an activating group) is 1. The second-order valence-corrected chi connectivity index (χ2v) is 6.54. The second kappa shape index (κ2) is 5.91. The summed E-state index contributed by atoms with van der Waals surface area (Å²) in [6.07, 6.45) is 0. The van der Waals surface area contributed by atoms with E-state index >= 15 is 0 Å². The molecule has 24 heavy (non-hydrogen) atoms. The first-order chi connectivity index (χ1) is 11.6. The number of hydrogen-bond acceptors (Lipinski definition) is 3. The van der Waals surface area contributed by atoms with Crippen molar-refractivity contribution in [2.24, 2.45) is 0 Å². The number of rotatable bonds is 2. The normalized spacial score (nSPS) is 16.0. The van der Waals surface area contributed by atoms with Crippen LogP contribution in [0.2, 0.25) is 0 Å². The number of halogens is 1. The predicted octanol–water partition coefficient (Wildman–Crippen LogP) is 3.43. The molecular weight excluding hydrogens is 303 g/mol. The molecule has 4 rings (SSSR count). The van der Waals surface area contributed by atoms with Crippen molar-refractivity contribution in [1.29, 1.82) is 0 Å². The summed E-state index contributed by atoms with van der Waals surface area (Å²) in [5.41, 5.74) is 4.40. The topological polar surface area (TPSA) is 35.2 Å². The SMILES string of the molecule is Cc1cc2nc(-c3ccc(N4CCN(C)CC4)cc3)[nH]c2cc1F. The lowest BCUT2D eigenvalue weighted by molar-refractivity contribution is 0.313. The molecule has 0 unspecified atom stereocenters. The Morgan fingerprint density at radius 2 is 1.75 bits per heavy atom.